The van der Waals surface area contributed by atoms with E-state index >= 15 is 0 Å². The van der Waals surface area contributed by atoms with Crippen LogP contribution in [0.25, 0.3) is 11.3 Å². The van der Waals surface area contributed by atoms with E-state index in [2.05, 4.69) is 4.98 Å². The summed E-state index contributed by atoms with van der Waals surface area (Å²) in [5.41, 5.74) is 0.968. The predicted octanol–water partition coefficient (Wildman–Crippen LogP) is 2.60. The Morgan fingerprint density at radius 3 is 2.65 bits per heavy atom. The predicted molar refractivity (Wildman–Crippen MR) is 84.8 cm³/mol. The lowest BCUT2D eigenvalue weighted by atomic mass is 10.2. The number of carboxylic acids is 1. The van der Waals surface area contributed by atoms with Crippen LogP contribution < -0.4 is 0 Å². The van der Waals surface area contributed by atoms with Crippen molar-refractivity contribution in [3.63, 3.8) is 0 Å². The van der Waals surface area contributed by atoms with Crippen LogP contribution in [0.5, 0.6) is 0 Å². The van der Waals surface area contributed by atoms with E-state index in [1.165, 1.54) is 4.90 Å². The second-order valence-corrected chi connectivity index (χ2v) is 5.30. The second kappa shape index (κ2) is 8.12. The van der Waals surface area contributed by atoms with Crippen LogP contribution in [-0.4, -0.2) is 40.5 Å². The van der Waals surface area contributed by atoms with Crippen molar-refractivity contribution in [2.45, 2.75) is 25.7 Å². The van der Waals surface area contributed by atoms with Crippen molar-refractivity contribution in [3.8, 4) is 11.3 Å². The van der Waals surface area contributed by atoms with Gasteiger partial charge in [0.1, 0.15) is 0 Å². The molecule has 1 aromatic heterocycles. The van der Waals surface area contributed by atoms with Gasteiger partial charge in [0, 0.05) is 32.0 Å². The summed E-state index contributed by atoms with van der Waals surface area (Å²) in [7, 11) is 1.62. The number of aromatic nitrogens is 1. The van der Waals surface area contributed by atoms with Gasteiger partial charge < -0.3 is 14.4 Å². The standard InChI is InChI=1S/C17H20N2O4/c1-19(11-10-17(21)22)16(20)9-5-8-15-18-12-14(23-15)13-6-3-2-4-7-13/h2-4,6-7,12H,5,8-11H2,1H3,(H,21,22). The van der Waals surface area contributed by atoms with E-state index < -0.39 is 5.97 Å². The topological polar surface area (TPSA) is 83.6 Å². The Balaban J connectivity index is 1.77. The molecule has 0 atom stereocenters. The molecule has 0 spiro atoms. The summed E-state index contributed by atoms with van der Waals surface area (Å²) in [4.78, 5) is 28.0. The van der Waals surface area contributed by atoms with Gasteiger partial charge in [-0.2, -0.15) is 0 Å². The first-order chi connectivity index (χ1) is 11.1. The molecule has 2 rings (SSSR count). The maximum Gasteiger partial charge on any atom is 0.305 e. The smallest absolute Gasteiger partial charge is 0.305 e. The van der Waals surface area contributed by atoms with Crippen LogP contribution >= 0.6 is 0 Å². The minimum Gasteiger partial charge on any atom is -0.481 e. The first-order valence-electron chi connectivity index (χ1n) is 7.52. The van der Waals surface area contributed by atoms with Gasteiger partial charge in [0.2, 0.25) is 5.91 Å². The van der Waals surface area contributed by atoms with E-state index in [0.29, 0.717) is 30.9 Å². The van der Waals surface area contributed by atoms with Crippen LogP contribution in [0.4, 0.5) is 0 Å². The average Bonchev–Trinajstić information content (AvgIpc) is 3.02. The monoisotopic (exact) mass is 316 g/mol. The number of rotatable bonds is 8. The van der Waals surface area contributed by atoms with Crippen LogP contribution in [0, 0.1) is 0 Å². The highest BCUT2D eigenvalue weighted by atomic mass is 16.4. The van der Waals surface area contributed by atoms with Gasteiger partial charge in [0.15, 0.2) is 11.7 Å². The highest BCUT2D eigenvalue weighted by Crippen LogP contribution is 2.20. The molecule has 2 aromatic rings. The van der Waals surface area contributed by atoms with Gasteiger partial charge in [0.25, 0.3) is 0 Å². The van der Waals surface area contributed by atoms with Crippen LogP contribution in [0.3, 0.4) is 0 Å². The first kappa shape index (κ1) is 16.7. The molecule has 23 heavy (non-hydrogen) atoms. The quantitative estimate of drug-likeness (QED) is 0.809. The lowest BCUT2D eigenvalue weighted by Gasteiger charge is -2.15. The highest BCUT2D eigenvalue weighted by Gasteiger charge is 2.11. The molecule has 1 heterocycles. The average molecular weight is 316 g/mol. The van der Waals surface area contributed by atoms with Crippen molar-refractivity contribution in [1.82, 2.24) is 9.88 Å². The normalized spacial score (nSPS) is 10.5. The Bertz CT molecular complexity index is 652. The number of oxazole rings is 1. The summed E-state index contributed by atoms with van der Waals surface area (Å²) in [5.74, 6) is 0.342. The number of amides is 1. The molecule has 0 aliphatic heterocycles. The van der Waals surface area contributed by atoms with Crippen LogP contribution in [0.15, 0.2) is 40.9 Å². The van der Waals surface area contributed by atoms with Gasteiger partial charge in [0.05, 0.1) is 12.6 Å². The number of nitrogens with zero attached hydrogens (tertiary/aromatic N) is 2. The van der Waals surface area contributed by atoms with E-state index in [4.69, 9.17) is 9.52 Å². The highest BCUT2D eigenvalue weighted by molar-refractivity contribution is 5.76. The van der Waals surface area contributed by atoms with Gasteiger partial charge in [-0.1, -0.05) is 30.3 Å². The number of hydrogen-bond acceptors (Lipinski definition) is 4. The lowest BCUT2D eigenvalue weighted by molar-refractivity contribution is -0.138. The Morgan fingerprint density at radius 2 is 1.96 bits per heavy atom. The summed E-state index contributed by atoms with van der Waals surface area (Å²) >= 11 is 0. The molecule has 0 radical (unpaired) electrons. The number of carboxylic acid groups (broad SMARTS) is 1. The fourth-order valence-corrected chi connectivity index (χ4v) is 2.13. The van der Waals surface area contributed by atoms with Gasteiger partial charge in [-0.15, -0.1) is 0 Å². The zero-order chi connectivity index (χ0) is 16.7. The molecule has 0 unspecified atom stereocenters. The van der Waals surface area contributed by atoms with Crippen molar-refractivity contribution >= 4 is 11.9 Å². The first-order valence-corrected chi connectivity index (χ1v) is 7.52. The Labute approximate surface area is 134 Å². The van der Waals surface area contributed by atoms with Gasteiger partial charge in [-0.05, 0) is 6.42 Å². The number of carbonyl (C=O) groups excluding carboxylic acids is 1. The van der Waals surface area contributed by atoms with Crippen molar-refractivity contribution in [3.05, 3.63) is 42.4 Å². The molecule has 1 N–H and O–H groups in total. The second-order valence-electron chi connectivity index (χ2n) is 5.30. The minimum atomic E-state index is -0.905. The SMILES string of the molecule is CN(CCC(=O)O)C(=O)CCCc1ncc(-c2ccccc2)o1. The minimum absolute atomic E-state index is 0.0393. The molecule has 122 valence electrons. The largest absolute Gasteiger partial charge is 0.481 e. The molecule has 1 aromatic carbocycles. The van der Waals surface area contributed by atoms with E-state index in [9.17, 15) is 9.59 Å². The van der Waals surface area contributed by atoms with Crippen molar-refractivity contribution in [2.75, 3.05) is 13.6 Å². The molecular weight excluding hydrogens is 296 g/mol. The Kier molecular flexibility index (Phi) is 5.91. The Hall–Kier alpha value is -2.63. The zero-order valence-electron chi connectivity index (χ0n) is 13.1. The fraction of sp³-hybridized carbons (Fsp3) is 0.353. The summed E-state index contributed by atoms with van der Waals surface area (Å²) in [6, 6.07) is 9.70. The number of benzene rings is 1. The van der Waals surface area contributed by atoms with E-state index in [1.54, 1.807) is 13.2 Å². The molecule has 0 saturated carbocycles. The Morgan fingerprint density at radius 1 is 1.22 bits per heavy atom. The number of hydrogen-bond donors (Lipinski definition) is 1. The third-order valence-corrected chi connectivity index (χ3v) is 3.48. The molecule has 0 bridgehead atoms. The molecule has 0 aliphatic rings. The lowest BCUT2D eigenvalue weighted by Crippen LogP contribution is -2.28. The number of aryl methyl sites for hydroxylation is 1. The van der Waals surface area contributed by atoms with Gasteiger partial charge >= 0.3 is 5.97 Å². The summed E-state index contributed by atoms with van der Waals surface area (Å²) in [6.45, 7) is 0.228. The van der Waals surface area contributed by atoms with Crippen LogP contribution in [0.1, 0.15) is 25.2 Å². The summed E-state index contributed by atoms with van der Waals surface area (Å²) < 4.78 is 5.68. The molecule has 0 aliphatic carbocycles. The molecule has 0 fully saturated rings. The van der Waals surface area contributed by atoms with Crippen molar-refractivity contribution in [2.24, 2.45) is 0 Å². The fourth-order valence-electron chi connectivity index (χ4n) is 2.13. The van der Waals surface area contributed by atoms with E-state index in [0.717, 1.165) is 5.56 Å². The number of aliphatic carboxylic acids is 1. The van der Waals surface area contributed by atoms with Crippen molar-refractivity contribution in [1.29, 1.82) is 0 Å². The molecule has 6 nitrogen and oxygen atoms in total. The van der Waals surface area contributed by atoms with Gasteiger partial charge in [-0.25, -0.2) is 4.98 Å². The molecule has 1 amide bonds. The third-order valence-electron chi connectivity index (χ3n) is 3.48. The van der Waals surface area contributed by atoms with E-state index in [-0.39, 0.29) is 18.9 Å². The van der Waals surface area contributed by atoms with Gasteiger partial charge in [-0.3, -0.25) is 9.59 Å². The molecule has 6 heteroatoms. The third kappa shape index (κ3) is 5.25. The maximum atomic E-state index is 11.9. The van der Waals surface area contributed by atoms with E-state index in [1.807, 2.05) is 30.3 Å². The van der Waals surface area contributed by atoms with Crippen LogP contribution in [-0.2, 0) is 16.0 Å². The molecule has 0 saturated heterocycles. The number of carbonyl (C=O) groups is 2. The maximum absolute atomic E-state index is 11.9. The summed E-state index contributed by atoms with van der Waals surface area (Å²) in [5, 5.41) is 8.61. The van der Waals surface area contributed by atoms with Crippen molar-refractivity contribution < 1.29 is 19.1 Å². The summed E-state index contributed by atoms with van der Waals surface area (Å²) in [6.07, 6.45) is 3.18. The zero-order valence-corrected chi connectivity index (χ0v) is 13.1. The van der Waals surface area contributed by atoms with Crippen LogP contribution in [0.2, 0.25) is 0 Å². The molecular formula is C17H20N2O4.